The van der Waals surface area contributed by atoms with Crippen molar-refractivity contribution in [1.29, 1.82) is 0 Å². The van der Waals surface area contributed by atoms with E-state index in [-0.39, 0.29) is 18.4 Å². The lowest BCUT2D eigenvalue weighted by Gasteiger charge is -2.24. The third kappa shape index (κ3) is 6.75. The number of ether oxygens (including phenoxy) is 1. The highest BCUT2D eigenvalue weighted by Crippen LogP contribution is 2.10. The quantitative estimate of drug-likeness (QED) is 0.637. The van der Waals surface area contributed by atoms with Gasteiger partial charge in [0.05, 0.1) is 6.61 Å². The predicted octanol–water partition coefficient (Wildman–Crippen LogP) is 2.99. The highest BCUT2D eigenvalue weighted by Gasteiger charge is 2.14. The molecule has 2 rings (SSSR count). The second kappa shape index (κ2) is 11.4. The lowest BCUT2D eigenvalue weighted by molar-refractivity contribution is 0.0519. The number of likely N-dealkylation sites (tertiary alicyclic amines) is 1. The van der Waals surface area contributed by atoms with Crippen LogP contribution in [-0.4, -0.2) is 60.1 Å². The molecule has 136 valence electrons. The number of carbonyl (C=O) groups is 1. The van der Waals surface area contributed by atoms with Gasteiger partial charge in [0.25, 0.3) is 0 Å². The van der Waals surface area contributed by atoms with Crippen LogP contribution in [0.3, 0.4) is 0 Å². The number of esters is 1. The Balaban J connectivity index is 0.00000288. The van der Waals surface area contributed by atoms with Gasteiger partial charge in [0.1, 0.15) is 5.69 Å². The normalized spacial score (nSPS) is 14.6. The van der Waals surface area contributed by atoms with Crippen LogP contribution < -0.4 is 0 Å². The maximum absolute atomic E-state index is 11.6. The van der Waals surface area contributed by atoms with Crippen molar-refractivity contribution in [2.24, 2.45) is 0 Å². The number of aromatic nitrogens is 1. The molecular formula is C18H30ClN3O2. The lowest BCUT2D eigenvalue weighted by atomic mass is 10.2. The van der Waals surface area contributed by atoms with Crippen molar-refractivity contribution < 1.29 is 9.53 Å². The molecule has 0 unspecified atom stereocenters. The van der Waals surface area contributed by atoms with Crippen LogP contribution in [0.25, 0.3) is 0 Å². The minimum Gasteiger partial charge on any atom is -0.461 e. The maximum atomic E-state index is 11.6. The molecule has 0 aliphatic carbocycles. The zero-order valence-corrected chi connectivity index (χ0v) is 15.7. The number of nitrogens with zero attached hydrogens (tertiary/aromatic N) is 3. The molecule has 5 nitrogen and oxygen atoms in total. The number of hydrogen-bond acceptors (Lipinski definition) is 5. The largest absolute Gasteiger partial charge is 0.461 e. The minimum atomic E-state index is -0.349. The van der Waals surface area contributed by atoms with Crippen molar-refractivity contribution in [3.05, 3.63) is 29.6 Å². The van der Waals surface area contributed by atoms with Gasteiger partial charge in [0.2, 0.25) is 0 Å². The van der Waals surface area contributed by atoms with E-state index >= 15 is 0 Å². The molecule has 1 saturated heterocycles. The highest BCUT2D eigenvalue weighted by molar-refractivity contribution is 5.87. The minimum absolute atomic E-state index is 0. The second-order valence-electron chi connectivity index (χ2n) is 6.10. The summed E-state index contributed by atoms with van der Waals surface area (Å²) in [6.07, 6.45) is 5.62. The summed E-state index contributed by atoms with van der Waals surface area (Å²) in [5.41, 5.74) is 1.53. The topological polar surface area (TPSA) is 45.7 Å². The van der Waals surface area contributed by atoms with Crippen LogP contribution in [0, 0.1) is 0 Å². The Kier molecular flexibility index (Phi) is 9.91. The van der Waals surface area contributed by atoms with Crippen LogP contribution in [0.5, 0.6) is 0 Å². The number of rotatable bonds is 9. The molecule has 0 N–H and O–H groups in total. The molecule has 6 heteroatoms. The van der Waals surface area contributed by atoms with Crippen LogP contribution in [0.4, 0.5) is 0 Å². The van der Waals surface area contributed by atoms with Crippen LogP contribution in [0.1, 0.15) is 49.2 Å². The SMILES string of the molecule is CCCN(CCN1CCCC1)Cc1ccc(C(=O)OCC)nc1.Cl. The van der Waals surface area contributed by atoms with Gasteiger partial charge in [-0.25, -0.2) is 9.78 Å². The van der Waals surface area contributed by atoms with Crippen LogP contribution in [0.15, 0.2) is 18.3 Å². The average Bonchev–Trinajstić information content (AvgIpc) is 3.07. The van der Waals surface area contributed by atoms with Gasteiger partial charge in [-0.3, -0.25) is 4.90 Å². The van der Waals surface area contributed by atoms with Gasteiger partial charge >= 0.3 is 5.97 Å². The number of carbonyl (C=O) groups excluding carboxylic acids is 1. The van der Waals surface area contributed by atoms with Crippen molar-refractivity contribution in [2.45, 2.75) is 39.7 Å². The molecule has 2 heterocycles. The van der Waals surface area contributed by atoms with Gasteiger partial charge in [-0.1, -0.05) is 13.0 Å². The summed E-state index contributed by atoms with van der Waals surface area (Å²) in [4.78, 5) is 20.9. The molecular weight excluding hydrogens is 326 g/mol. The van der Waals surface area contributed by atoms with Crippen molar-refractivity contribution in [2.75, 3.05) is 39.3 Å². The van der Waals surface area contributed by atoms with E-state index in [1.807, 2.05) is 6.07 Å². The van der Waals surface area contributed by atoms with Crippen molar-refractivity contribution in [3.8, 4) is 0 Å². The van der Waals surface area contributed by atoms with Gasteiger partial charge in [-0.05, 0) is 57.5 Å². The van der Waals surface area contributed by atoms with E-state index in [0.717, 1.165) is 38.2 Å². The van der Waals surface area contributed by atoms with Crippen LogP contribution >= 0.6 is 12.4 Å². The maximum Gasteiger partial charge on any atom is 0.356 e. The van der Waals surface area contributed by atoms with Gasteiger partial charge in [-0.2, -0.15) is 0 Å². The van der Waals surface area contributed by atoms with E-state index < -0.39 is 0 Å². The molecule has 0 atom stereocenters. The molecule has 0 saturated carbocycles. The predicted molar refractivity (Wildman–Crippen MR) is 98.7 cm³/mol. The molecule has 1 aromatic rings. The molecule has 0 amide bonds. The summed E-state index contributed by atoms with van der Waals surface area (Å²) in [6.45, 7) is 11.1. The molecule has 0 aromatic carbocycles. The van der Waals surface area contributed by atoms with Crippen molar-refractivity contribution in [3.63, 3.8) is 0 Å². The number of pyridine rings is 1. The average molecular weight is 356 g/mol. The van der Waals surface area contributed by atoms with E-state index in [0.29, 0.717) is 12.3 Å². The fourth-order valence-corrected chi connectivity index (χ4v) is 2.98. The number of hydrogen-bond donors (Lipinski definition) is 0. The van der Waals surface area contributed by atoms with E-state index in [2.05, 4.69) is 21.7 Å². The Hall–Kier alpha value is -1.17. The van der Waals surface area contributed by atoms with Crippen LogP contribution in [-0.2, 0) is 11.3 Å². The van der Waals surface area contributed by atoms with E-state index in [1.54, 1.807) is 19.2 Å². The standard InChI is InChI=1S/C18H29N3O2.ClH/c1-3-9-21(13-12-20-10-5-6-11-20)15-16-7-8-17(19-14-16)18(22)23-4-2;/h7-8,14H,3-6,9-13,15H2,1-2H3;1H. The zero-order valence-electron chi connectivity index (χ0n) is 14.9. The Labute approximate surface area is 151 Å². The van der Waals surface area contributed by atoms with Crippen molar-refractivity contribution in [1.82, 2.24) is 14.8 Å². The molecule has 1 aromatic heterocycles. The molecule has 1 aliphatic rings. The molecule has 0 bridgehead atoms. The summed E-state index contributed by atoms with van der Waals surface area (Å²) in [5, 5.41) is 0. The smallest absolute Gasteiger partial charge is 0.356 e. The molecule has 0 radical (unpaired) electrons. The summed E-state index contributed by atoms with van der Waals surface area (Å²) >= 11 is 0. The fourth-order valence-electron chi connectivity index (χ4n) is 2.98. The molecule has 0 spiro atoms. The van der Waals surface area contributed by atoms with Gasteiger partial charge in [0.15, 0.2) is 0 Å². The lowest BCUT2D eigenvalue weighted by Crippen LogP contribution is -2.34. The molecule has 1 aliphatic heterocycles. The third-order valence-corrected chi connectivity index (χ3v) is 4.19. The molecule has 1 fully saturated rings. The van der Waals surface area contributed by atoms with Crippen molar-refractivity contribution >= 4 is 18.4 Å². The first kappa shape index (κ1) is 20.9. The molecule has 24 heavy (non-hydrogen) atoms. The first-order chi connectivity index (χ1) is 11.2. The van der Waals surface area contributed by atoms with E-state index in [4.69, 9.17) is 4.74 Å². The van der Waals surface area contributed by atoms with Gasteiger partial charge < -0.3 is 9.64 Å². The Morgan fingerprint density at radius 1 is 1.25 bits per heavy atom. The first-order valence-corrected chi connectivity index (χ1v) is 8.79. The third-order valence-electron chi connectivity index (χ3n) is 4.19. The van der Waals surface area contributed by atoms with E-state index in [9.17, 15) is 4.79 Å². The first-order valence-electron chi connectivity index (χ1n) is 8.79. The summed E-state index contributed by atoms with van der Waals surface area (Å²) in [5.74, 6) is -0.349. The highest BCUT2D eigenvalue weighted by atomic mass is 35.5. The van der Waals surface area contributed by atoms with E-state index in [1.165, 1.54) is 25.9 Å². The van der Waals surface area contributed by atoms with Gasteiger partial charge in [0, 0.05) is 25.8 Å². The Morgan fingerprint density at radius 3 is 2.58 bits per heavy atom. The van der Waals surface area contributed by atoms with Crippen LogP contribution in [0.2, 0.25) is 0 Å². The zero-order chi connectivity index (χ0) is 16.5. The monoisotopic (exact) mass is 355 g/mol. The number of halogens is 1. The second-order valence-corrected chi connectivity index (χ2v) is 6.10. The summed E-state index contributed by atoms with van der Waals surface area (Å²) < 4.78 is 4.97. The fraction of sp³-hybridized carbons (Fsp3) is 0.667. The Bertz CT molecular complexity index is 476. The Morgan fingerprint density at radius 2 is 2.00 bits per heavy atom. The summed E-state index contributed by atoms with van der Waals surface area (Å²) in [7, 11) is 0. The summed E-state index contributed by atoms with van der Waals surface area (Å²) in [6, 6.07) is 3.75. The van der Waals surface area contributed by atoms with Gasteiger partial charge in [-0.15, -0.1) is 12.4 Å².